The minimum Gasteiger partial charge on any atom is -0.383 e. The molecule has 0 spiro atoms. The number of carbonyl (C=O) groups is 1. The van der Waals surface area contributed by atoms with Gasteiger partial charge < -0.3 is 4.90 Å². The van der Waals surface area contributed by atoms with Crippen molar-refractivity contribution in [3.05, 3.63) is 12.3 Å². The lowest BCUT2D eigenvalue weighted by Crippen LogP contribution is -2.09. The van der Waals surface area contributed by atoms with Crippen LogP contribution in [0.2, 0.25) is 0 Å². The van der Waals surface area contributed by atoms with Crippen molar-refractivity contribution in [2.45, 2.75) is 25.7 Å². The number of rotatable bonds is 3. The molecule has 0 N–H and O–H groups in total. The van der Waals surface area contributed by atoms with E-state index in [1.54, 1.807) is 6.08 Å². The van der Waals surface area contributed by atoms with Crippen LogP contribution in [0, 0.1) is 5.92 Å². The van der Waals surface area contributed by atoms with E-state index in [0.717, 1.165) is 12.8 Å². The Bertz CT molecular complexity index is 178. The first-order valence-electron chi connectivity index (χ1n) is 4.58. The zero-order chi connectivity index (χ0) is 8.97. The Morgan fingerprint density at radius 1 is 1.33 bits per heavy atom. The van der Waals surface area contributed by atoms with E-state index in [2.05, 4.69) is 0 Å². The van der Waals surface area contributed by atoms with E-state index in [9.17, 15) is 4.79 Å². The summed E-state index contributed by atoms with van der Waals surface area (Å²) in [6.07, 6.45) is 8.18. The van der Waals surface area contributed by atoms with Gasteiger partial charge in [0.1, 0.15) is 0 Å². The van der Waals surface area contributed by atoms with Crippen LogP contribution in [0.1, 0.15) is 25.7 Å². The fourth-order valence-electron chi connectivity index (χ4n) is 1.57. The summed E-state index contributed by atoms with van der Waals surface area (Å²) >= 11 is 0. The zero-order valence-electron chi connectivity index (χ0n) is 7.92. The fourth-order valence-corrected chi connectivity index (χ4v) is 1.57. The number of hydrogen-bond donors (Lipinski definition) is 0. The third-order valence-corrected chi connectivity index (χ3v) is 2.29. The molecule has 1 saturated carbocycles. The second-order valence-corrected chi connectivity index (χ2v) is 3.66. The van der Waals surface area contributed by atoms with E-state index in [-0.39, 0.29) is 0 Å². The summed E-state index contributed by atoms with van der Waals surface area (Å²) in [5, 5.41) is 0. The molecule has 0 amide bonds. The zero-order valence-corrected chi connectivity index (χ0v) is 7.92. The van der Waals surface area contributed by atoms with Crippen LogP contribution in [-0.4, -0.2) is 24.8 Å². The van der Waals surface area contributed by atoms with Gasteiger partial charge in [0.25, 0.3) is 0 Å². The number of hydrogen-bond acceptors (Lipinski definition) is 2. The maximum absolute atomic E-state index is 11.4. The molecule has 0 bridgehead atoms. The summed E-state index contributed by atoms with van der Waals surface area (Å²) in [5.74, 6) is 0.627. The molecule has 2 heteroatoms. The van der Waals surface area contributed by atoms with Gasteiger partial charge in [-0.2, -0.15) is 0 Å². The van der Waals surface area contributed by atoms with Crippen molar-refractivity contribution in [2.75, 3.05) is 14.1 Å². The summed E-state index contributed by atoms with van der Waals surface area (Å²) in [6.45, 7) is 0. The molecule has 0 atom stereocenters. The van der Waals surface area contributed by atoms with Gasteiger partial charge in [-0.05, 0) is 18.9 Å². The van der Waals surface area contributed by atoms with Crippen molar-refractivity contribution >= 4 is 5.78 Å². The number of ketones is 1. The molecule has 0 aromatic carbocycles. The maximum atomic E-state index is 11.4. The Labute approximate surface area is 74.2 Å². The molecule has 0 radical (unpaired) electrons. The number of carbonyl (C=O) groups excluding carboxylic acids is 1. The summed E-state index contributed by atoms with van der Waals surface area (Å²) in [7, 11) is 3.86. The standard InChI is InChI=1S/C10H17NO/c1-11(2)8-7-10(12)9-5-3-4-6-9/h7-9H,3-6H2,1-2H3. The lowest BCUT2D eigenvalue weighted by molar-refractivity contribution is -0.118. The van der Waals surface area contributed by atoms with Crippen molar-refractivity contribution < 1.29 is 4.79 Å². The third-order valence-electron chi connectivity index (χ3n) is 2.29. The first kappa shape index (κ1) is 9.30. The molecular weight excluding hydrogens is 150 g/mol. The van der Waals surface area contributed by atoms with Gasteiger partial charge in [-0.1, -0.05) is 12.8 Å². The third kappa shape index (κ3) is 2.68. The normalized spacial score (nSPS) is 18.8. The molecule has 0 aromatic heterocycles. The average molecular weight is 167 g/mol. The quantitative estimate of drug-likeness (QED) is 0.598. The minimum atomic E-state index is 0.307. The Balaban J connectivity index is 2.36. The van der Waals surface area contributed by atoms with Gasteiger partial charge in [-0.15, -0.1) is 0 Å². The van der Waals surface area contributed by atoms with Crippen molar-refractivity contribution in [2.24, 2.45) is 5.92 Å². The van der Waals surface area contributed by atoms with E-state index < -0.39 is 0 Å². The lowest BCUT2D eigenvalue weighted by Gasteiger charge is -2.05. The molecule has 0 saturated heterocycles. The second kappa shape index (κ2) is 4.29. The Hall–Kier alpha value is -0.790. The van der Waals surface area contributed by atoms with E-state index in [0.29, 0.717) is 11.7 Å². The SMILES string of the molecule is CN(C)C=CC(=O)C1CCCC1. The molecule has 0 unspecified atom stereocenters. The predicted molar refractivity (Wildman–Crippen MR) is 49.8 cm³/mol. The maximum Gasteiger partial charge on any atom is 0.160 e. The summed E-state index contributed by atoms with van der Waals surface area (Å²) in [5.41, 5.74) is 0. The van der Waals surface area contributed by atoms with Gasteiger partial charge in [0, 0.05) is 26.2 Å². The largest absolute Gasteiger partial charge is 0.383 e. The highest BCUT2D eigenvalue weighted by Crippen LogP contribution is 2.25. The van der Waals surface area contributed by atoms with Gasteiger partial charge in [0.2, 0.25) is 0 Å². The molecule has 0 heterocycles. The average Bonchev–Trinajstić information content (AvgIpc) is 2.51. The molecular formula is C10H17NO. The van der Waals surface area contributed by atoms with E-state index in [1.807, 2.05) is 25.2 Å². The molecule has 0 aromatic rings. The molecule has 2 nitrogen and oxygen atoms in total. The smallest absolute Gasteiger partial charge is 0.160 e. The van der Waals surface area contributed by atoms with Gasteiger partial charge in [-0.3, -0.25) is 4.79 Å². The van der Waals surface area contributed by atoms with E-state index in [4.69, 9.17) is 0 Å². The van der Waals surface area contributed by atoms with Crippen LogP contribution >= 0.6 is 0 Å². The van der Waals surface area contributed by atoms with Crippen molar-refractivity contribution in [3.63, 3.8) is 0 Å². The molecule has 1 aliphatic carbocycles. The van der Waals surface area contributed by atoms with Crippen LogP contribution in [0.15, 0.2) is 12.3 Å². The monoisotopic (exact) mass is 167 g/mol. The molecule has 1 rings (SSSR count). The van der Waals surface area contributed by atoms with Crippen LogP contribution in [0.25, 0.3) is 0 Å². The van der Waals surface area contributed by atoms with E-state index >= 15 is 0 Å². The van der Waals surface area contributed by atoms with Gasteiger partial charge in [-0.25, -0.2) is 0 Å². The number of nitrogens with zero attached hydrogens (tertiary/aromatic N) is 1. The minimum absolute atomic E-state index is 0.307. The fraction of sp³-hybridized carbons (Fsp3) is 0.700. The molecule has 1 fully saturated rings. The first-order chi connectivity index (χ1) is 5.70. The molecule has 1 aliphatic rings. The Morgan fingerprint density at radius 2 is 1.92 bits per heavy atom. The van der Waals surface area contributed by atoms with Crippen LogP contribution in [0.4, 0.5) is 0 Å². The molecule has 12 heavy (non-hydrogen) atoms. The second-order valence-electron chi connectivity index (χ2n) is 3.66. The highest BCUT2D eigenvalue weighted by atomic mass is 16.1. The van der Waals surface area contributed by atoms with Crippen molar-refractivity contribution in [3.8, 4) is 0 Å². The highest BCUT2D eigenvalue weighted by molar-refractivity contribution is 5.91. The predicted octanol–water partition coefficient (Wildman–Crippen LogP) is 1.82. The van der Waals surface area contributed by atoms with Gasteiger partial charge in [0.15, 0.2) is 5.78 Å². The number of allylic oxidation sites excluding steroid dienone is 1. The summed E-state index contributed by atoms with van der Waals surface area (Å²) in [6, 6.07) is 0. The van der Waals surface area contributed by atoms with Crippen molar-refractivity contribution in [1.82, 2.24) is 4.90 Å². The van der Waals surface area contributed by atoms with Gasteiger partial charge >= 0.3 is 0 Å². The summed E-state index contributed by atoms with van der Waals surface area (Å²) in [4.78, 5) is 13.3. The topological polar surface area (TPSA) is 20.3 Å². The van der Waals surface area contributed by atoms with Gasteiger partial charge in [0.05, 0.1) is 0 Å². The Kier molecular flexibility index (Phi) is 3.32. The van der Waals surface area contributed by atoms with Crippen LogP contribution in [-0.2, 0) is 4.79 Å². The van der Waals surface area contributed by atoms with Crippen molar-refractivity contribution in [1.29, 1.82) is 0 Å². The lowest BCUT2D eigenvalue weighted by atomic mass is 10.0. The molecule has 68 valence electrons. The van der Waals surface area contributed by atoms with E-state index in [1.165, 1.54) is 12.8 Å². The molecule has 0 aliphatic heterocycles. The highest BCUT2D eigenvalue weighted by Gasteiger charge is 2.20. The summed E-state index contributed by atoms with van der Waals surface area (Å²) < 4.78 is 0. The van der Waals surface area contributed by atoms with Crippen LogP contribution in [0.5, 0.6) is 0 Å². The van der Waals surface area contributed by atoms with Crippen LogP contribution < -0.4 is 0 Å². The Morgan fingerprint density at radius 3 is 2.42 bits per heavy atom. The van der Waals surface area contributed by atoms with Crippen LogP contribution in [0.3, 0.4) is 0 Å². The first-order valence-corrected chi connectivity index (χ1v) is 4.58.